The molecule has 0 saturated heterocycles. The highest BCUT2D eigenvalue weighted by molar-refractivity contribution is 7.92. The van der Waals surface area contributed by atoms with Gasteiger partial charge in [0.15, 0.2) is 0 Å². The van der Waals surface area contributed by atoms with E-state index in [0.717, 1.165) is 24.8 Å². The Bertz CT molecular complexity index is 582. The maximum Gasteiger partial charge on any atom is 0.232 e. The van der Waals surface area contributed by atoms with Crippen molar-refractivity contribution in [3.05, 3.63) is 29.8 Å². The minimum atomic E-state index is -3.35. The Kier molecular flexibility index (Phi) is 8.09. The Hall–Kier alpha value is -1.56. The molecule has 1 aromatic rings. The molecular weight excluding hydrogens is 312 g/mol. The smallest absolute Gasteiger partial charge is 0.232 e. The summed E-state index contributed by atoms with van der Waals surface area (Å²) >= 11 is 0. The summed E-state index contributed by atoms with van der Waals surface area (Å²) in [5, 5.41) is 2.84. The molecule has 0 aliphatic heterocycles. The van der Waals surface area contributed by atoms with Crippen LogP contribution in [-0.2, 0) is 21.2 Å². The van der Waals surface area contributed by atoms with Crippen LogP contribution in [0.15, 0.2) is 24.3 Å². The van der Waals surface area contributed by atoms with Gasteiger partial charge in [0.1, 0.15) is 0 Å². The highest BCUT2D eigenvalue weighted by Crippen LogP contribution is 2.19. The lowest BCUT2D eigenvalue weighted by molar-refractivity contribution is -0.121. The summed E-state index contributed by atoms with van der Waals surface area (Å²) in [4.78, 5) is 11.7. The Morgan fingerprint density at radius 2 is 1.78 bits per heavy atom. The second kappa shape index (κ2) is 9.55. The molecule has 0 radical (unpaired) electrons. The van der Waals surface area contributed by atoms with E-state index in [2.05, 4.69) is 19.2 Å². The molecule has 1 aromatic carbocycles. The lowest BCUT2D eigenvalue weighted by Crippen LogP contribution is -2.32. The summed E-state index contributed by atoms with van der Waals surface area (Å²) in [5.41, 5.74) is 1.81. The number of unbranched alkanes of at least 4 members (excludes halogenated alkanes) is 1. The topological polar surface area (TPSA) is 66.5 Å². The lowest BCUT2D eigenvalue weighted by atomic mass is 10.1. The van der Waals surface area contributed by atoms with Crippen LogP contribution in [0.4, 0.5) is 5.69 Å². The molecule has 130 valence electrons. The lowest BCUT2D eigenvalue weighted by Gasteiger charge is -2.22. The minimum Gasteiger partial charge on any atom is -0.356 e. The van der Waals surface area contributed by atoms with Crippen LogP contribution in [0.5, 0.6) is 0 Å². The van der Waals surface area contributed by atoms with E-state index in [1.54, 1.807) is 0 Å². The zero-order valence-electron chi connectivity index (χ0n) is 14.3. The maximum atomic E-state index is 12.0. The molecule has 0 bridgehead atoms. The molecule has 0 aromatic heterocycles. The predicted molar refractivity (Wildman–Crippen MR) is 95.2 cm³/mol. The van der Waals surface area contributed by atoms with Gasteiger partial charge in [0.25, 0.3) is 0 Å². The van der Waals surface area contributed by atoms with Crippen molar-refractivity contribution in [1.29, 1.82) is 0 Å². The van der Waals surface area contributed by atoms with Gasteiger partial charge < -0.3 is 5.32 Å². The Labute approximate surface area is 140 Å². The van der Waals surface area contributed by atoms with Crippen LogP contribution in [0.1, 0.15) is 45.1 Å². The second-order valence-electron chi connectivity index (χ2n) is 5.66. The summed E-state index contributed by atoms with van der Waals surface area (Å²) in [7, 11) is -3.35. The zero-order chi connectivity index (χ0) is 17.3. The number of benzene rings is 1. The van der Waals surface area contributed by atoms with E-state index in [-0.39, 0.29) is 5.91 Å². The molecule has 23 heavy (non-hydrogen) atoms. The molecule has 1 amide bonds. The largest absolute Gasteiger partial charge is 0.356 e. The van der Waals surface area contributed by atoms with Crippen LogP contribution in [0, 0.1) is 0 Å². The fraction of sp³-hybridized carbons (Fsp3) is 0.588. The number of carbonyl (C=O) groups excluding carboxylic acids is 1. The highest BCUT2D eigenvalue weighted by atomic mass is 32.2. The predicted octanol–water partition coefficient (Wildman–Crippen LogP) is 2.71. The number of rotatable bonds is 10. The van der Waals surface area contributed by atoms with Crippen molar-refractivity contribution in [1.82, 2.24) is 5.32 Å². The molecule has 0 aliphatic rings. The molecule has 0 unspecified atom stereocenters. The quantitative estimate of drug-likeness (QED) is 0.666. The summed E-state index contributed by atoms with van der Waals surface area (Å²) in [5.74, 6) is -0.0202. The third-order valence-electron chi connectivity index (χ3n) is 3.65. The number of aryl methyl sites for hydroxylation is 1. The normalized spacial score (nSPS) is 11.3. The standard InChI is InChI=1S/C17H28N2O3S/c1-4-6-13-18-17(20)8-7-14-19(23(3,21)22)16-11-9-15(5-2)10-12-16/h9-12H,4-8,13-14H2,1-3H3,(H,18,20). The number of hydrogen-bond donors (Lipinski definition) is 1. The van der Waals surface area contributed by atoms with Crippen LogP contribution in [0.2, 0.25) is 0 Å². The summed E-state index contributed by atoms with van der Waals surface area (Å²) in [6.45, 7) is 5.12. The van der Waals surface area contributed by atoms with Crippen molar-refractivity contribution in [2.75, 3.05) is 23.7 Å². The van der Waals surface area contributed by atoms with Gasteiger partial charge in [-0.2, -0.15) is 0 Å². The molecule has 1 N–H and O–H groups in total. The molecular formula is C17H28N2O3S. The van der Waals surface area contributed by atoms with Gasteiger partial charge in [-0.3, -0.25) is 9.10 Å². The molecule has 1 rings (SSSR count). The highest BCUT2D eigenvalue weighted by Gasteiger charge is 2.17. The number of sulfonamides is 1. The van der Waals surface area contributed by atoms with Crippen molar-refractivity contribution in [3.63, 3.8) is 0 Å². The molecule has 0 atom stereocenters. The molecule has 6 heteroatoms. The van der Waals surface area contributed by atoms with Gasteiger partial charge in [-0.05, 0) is 37.0 Å². The van der Waals surface area contributed by atoms with E-state index >= 15 is 0 Å². The molecule has 0 aliphatic carbocycles. The first-order valence-corrected chi connectivity index (χ1v) is 10.1. The van der Waals surface area contributed by atoms with E-state index in [1.165, 1.54) is 10.6 Å². The molecule has 0 heterocycles. The van der Waals surface area contributed by atoms with Gasteiger partial charge in [0.2, 0.25) is 15.9 Å². The molecule has 5 nitrogen and oxygen atoms in total. The Morgan fingerprint density at radius 3 is 2.30 bits per heavy atom. The van der Waals surface area contributed by atoms with E-state index in [1.807, 2.05) is 24.3 Å². The molecule has 0 fully saturated rings. The zero-order valence-corrected chi connectivity index (χ0v) is 15.2. The van der Waals surface area contributed by atoms with Crippen molar-refractivity contribution in [2.45, 2.75) is 46.0 Å². The number of anilines is 1. The minimum absolute atomic E-state index is 0.0202. The van der Waals surface area contributed by atoms with Crippen LogP contribution >= 0.6 is 0 Å². The van der Waals surface area contributed by atoms with Crippen molar-refractivity contribution in [2.24, 2.45) is 0 Å². The van der Waals surface area contributed by atoms with Crippen molar-refractivity contribution in [3.8, 4) is 0 Å². The maximum absolute atomic E-state index is 12.0. The van der Waals surface area contributed by atoms with Crippen LogP contribution in [-0.4, -0.2) is 33.7 Å². The fourth-order valence-corrected chi connectivity index (χ4v) is 3.23. The van der Waals surface area contributed by atoms with E-state index < -0.39 is 10.0 Å². The second-order valence-corrected chi connectivity index (χ2v) is 7.57. The van der Waals surface area contributed by atoms with Gasteiger partial charge in [-0.25, -0.2) is 8.42 Å². The molecule has 0 saturated carbocycles. The van der Waals surface area contributed by atoms with Gasteiger partial charge in [-0.15, -0.1) is 0 Å². The van der Waals surface area contributed by atoms with E-state index in [0.29, 0.717) is 31.6 Å². The number of nitrogens with one attached hydrogen (secondary N) is 1. The third-order valence-corrected chi connectivity index (χ3v) is 4.84. The summed E-state index contributed by atoms with van der Waals surface area (Å²) in [6.07, 6.45) is 4.95. The Morgan fingerprint density at radius 1 is 1.13 bits per heavy atom. The first-order valence-electron chi connectivity index (χ1n) is 8.21. The van der Waals surface area contributed by atoms with E-state index in [9.17, 15) is 13.2 Å². The fourth-order valence-electron chi connectivity index (χ4n) is 2.26. The first-order chi connectivity index (χ1) is 10.9. The van der Waals surface area contributed by atoms with E-state index in [4.69, 9.17) is 0 Å². The number of nitrogens with zero attached hydrogens (tertiary/aromatic N) is 1. The average molecular weight is 340 g/mol. The van der Waals surface area contributed by atoms with Crippen LogP contribution in [0.25, 0.3) is 0 Å². The van der Waals surface area contributed by atoms with Crippen LogP contribution in [0.3, 0.4) is 0 Å². The SMILES string of the molecule is CCCCNC(=O)CCCN(c1ccc(CC)cc1)S(C)(=O)=O. The summed E-state index contributed by atoms with van der Waals surface area (Å²) < 4.78 is 25.4. The van der Waals surface area contributed by atoms with Crippen LogP contribution < -0.4 is 9.62 Å². The number of hydrogen-bond acceptors (Lipinski definition) is 3. The van der Waals surface area contributed by atoms with Gasteiger partial charge in [0, 0.05) is 19.5 Å². The Balaban J connectivity index is 2.61. The van der Waals surface area contributed by atoms with Crippen molar-refractivity contribution < 1.29 is 13.2 Å². The number of carbonyl (C=O) groups is 1. The summed E-state index contributed by atoms with van der Waals surface area (Å²) in [6, 6.07) is 7.51. The average Bonchev–Trinajstić information content (AvgIpc) is 2.51. The first kappa shape index (κ1) is 19.5. The van der Waals surface area contributed by atoms with Gasteiger partial charge >= 0.3 is 0 Å². The van der Waals surface area contributed by atoms with Gasteiger partial charge in [-0.1, -0.05) is 32.4 Å². The van der Waals surface area contributed by atoms with Gasteiger partial charge in [0.05, 0.1) is 11.9 Å². The van der Waals surface area contributed by atoms with Crippen molar-refractivity contribution >= 4 is 21.6 Å². The monoisotopic (exact) mass is 340 g/mol. The number of amides is 1. The molecule has 0 spiro atoms. The third kappa shape index (κ3) is 7.03.